The van der Waals surface area contributed by atoms with Crippen LogP contribution < -0.4 is 0 Å². The molecule has 0 heterocycles. The van der Waals surface area contributed by atoms with E-state index < -0.39 is 0 Å². The third-order valence-corrected chi connectivity index (χ3v) is 14.6. The number of ketones is 2. The summed E-state index contributed by atoms with van der Waals surface area (Å²) in [6, 6.07) is 19.0. The van der Waals surface area contributed by atoms with Gasteiger partial charge in [0.25, 0.3) is 0 Å². The summed E-state index contributed by atoms with van der Waals surface area (Å²) in [6.45, 7) is 3.92. The zero-order valence-corrected chi connectivity index (χ0v) is 37.5. The van der Waals surface area contributed by atoms with Crippen LogP contribution in [0.2, 0.25) is 0 Å². The minimum absolute atomic E-state index is 0. The Morgan fingerprint density at radius 2 is 0.836 bits per heavy atom. The topological polar surface area (TPSA) is 34.1 Å². The van der Waals surface area contributed by atoms with Crippen molar-refractivity contribution < 1.29 is 43.7 Å². The third-order valence-electron chi connectivity index (χ3n) is 14.6. The molecular weight excluding hydrogens is 756 g/mol. The number of fused-ring (bicyclic) bond motifs is 10. The monoisotopic (exact) mass is 828 g/mol. The Labute approximate surface area is 359 Å². The van der Waals surface area contributed by atoms with E-state index in [0.717, 1.165) is 62.2 Å². The zero-order chi connectivity index (χ0) is 33.5. The summed E-state index contributed by atoms with van der Waals surface area (Å²) in [6.07, 6.45) is 25.3. The fraction of sp³-hybridized carbons (Fsp3) is 0.569. The maximum Gasteiger partial charge on any atom is 2.00 e. The maximum atomic E-state index is 11.0. The van der Waals surface area contributed by atoms with Crippen LogP contribution in [-0.2, 0) is 43.7 Å². The van der Waals surface area contributed by atoms with Gasteiger partial charge in [-0.05, 0) is 140 Å². The molecule has 1 spiro atoms. The molecule has 2 aromatic rings. The van der Waals surface area contributed by atoms with Crippen molar-refractivity contribution in [2.24, 2.45) is 29.1 Å². The number of benzene rings is 2. The van der Waals surface area contributed by atoms with Crippen LogP contribution in [0.5, 0.6) is 0 Å². The molecule has 2 nitrogen and oxygen atoms in total. The predicted molar refractivity (Wildman–Crippen MR) is 228 cm³/mol. The standard InChI is InChI=1S/C31H32.2C8H14O.4CH3.2Fe/c1-3-9-23-19(7-1)21-11-5-13-25(21)29-17-31(15-27(23)29)16-28-24-10-4-2-8-20(24)22-12-6-14-26(22)30(28)18-31;2*1-2-8(9)7-5-3-4-6-7;;;;;;/h1-4,7-10,21-22,25-26H,5-6,11-18H2;2*7H,2-6H2,1H3;4*1H3;;/q;;;4*-1;2*+2. The van der Waals surface area contributed by atoms with Crippen LogP contribution in [0, 0.1) is 58.8 Å². The summed E-state index contributed by atoms with van der Waals surface area (Å²) in [5.74, 6) is 5.18. The molecule has 0 saturated heterocycles. The van der Waals surface area contributed by atoms with Gasteiger partial charge in [-0.3, -0.25) is 9.59 Å². The average molecular weight is 829 g/mol. The fourth-order valence-corrected chi connectivity index (χ4v) is 12.4. The number of carbonyl (C=O) groups is 2. The Morgan fingerprint density at radius 1 is 0.491 bits per heavy atom. The van der Waals surface area contributed by atoms with Gasteiger partial charge in [-0.25, -0.2) is 0 Å². The van der Waals surface area contributed by atoms with Crippen LogP contribution in [0.1, 0.15) is 176 Å². The number of hydrogen-bond donors (Lipinski definition) is 0. The fourth-order valence-electron chi connectivity index (χ4n) is 12.4. The molecule has 2 aromatic carbocycles. The van der Waals surface area contributed by atoms with Crippen LogP contribution in [0.15, 0.2) is 59.7 Å². The normalized spacial score (nSPS) is 27.5. The van der Waals surface area contributed by atoms with E-state index in [2.05, 4.69) is 48.5 Å². The van der Waals surface area contributed by atoms with Gasteiger partial charge in [-0.2, -0.15) is 0 Å². The second-order valence-corrected chi connectivity index (χ2v) is 17.3. The van der Waals surface area contributed by atoms with Crippen molar-refractivity contribution in [1.82, 2.24) is 0 Å². The average Bonchev–Trinajstić information content (AvgIpc) is 3.99. The number of Topliss-reactive ketones (excluding diaryl/α,β-unsaturated/α-hetero) is 2. The first-order chi connectivity index (χ1) is 24.0. The van der Waals surface area contributed by atoms with Crippen molar-refractivity contribution in [3.63, 3.8) is 0 Å². The molecule has 55 heavy (non-hydrogen) atoms. The molecule has 10 rings (SSSR count). The molecule has 4 heteroatoms. The largest absolute Gasteiger partial charge is 2.00 e. The second kappa shape index (κ2) is 21.3. The Morgan fingerprint density at radius 3 is 1.20 bits per heavy atom. The van der Waals surface area contributed by atoms with Crippen LogP contribution in [0.4, 0.5) is 0 Å². The Bertz CT molecular complexity index is 1520. The van der Waals surface area contributed by atoms with E-state index in [1.165, 1.54) is 89.9 Å². The molecule has 8 aliphatic rings. The first kappa shape index (κ1) is 49.4. The van der Waals surface area contributed by atoms with Gasteiger partial charge in [0.15, 0.2) is 0 Å². The molecule has 4 saturated carbocycles. The second-order valence-electron chi connectivity index (χ2n) is 17.3. The molecule has 0 aliphatic heterocycles. The predicted octanol–water partition coefficient (Wildman–Crippen LogP) is 14.4. The van der Waals surface area contributed by atoms with E-state index in [0.29, 0.717) is 28.8 Å². The van der Waals surface area contributed by atoms with Crippen LogP contribution in [0.25, 0.3) is 11.1 Å². The Kier molecular flexibility index (Phi) is 19.2. The summed E-state index contributed by atoms with van der Waals surface area (Å²) in [4.78, 5) is 22.0. The van der Waals surface area contributed by atoms with Gasteiger partial charge < -0.3 is 29.7 Å². The summed E-state index contributed by atoms with van der Waals surface area (Å²) >= 11 is 0. The number of rotatable bonds is 4. The van der Waals surface area contributed by atoms with Gasteiger partial charge in [0.05, 0.1) is 0 Å². The minimum Gasteiger partial charge on any atom is -0.358 e. The van der Waals surface area contributed by atoms with Gasteiger partial charge in [0.1, 0.15) is 11.6 Å². The number of carbonyl (C=O) groups excluding carboxylic acids is 2. The van der Waals surface area contributed by atoms with E-state index in [1.807, 2.05) is 25.0 Å². The van der Waals surface area contributed by atoms with Gasteiger partial charge >= 0.3 is 34.1 Å². The van der Waals surface area contributed by atoms with Crippen LogP contribution in [-0.4, -0.2) is 11.6 Å². The minimum atomic E-state index is 0. The molecule has 304 valence electrons. The Hall–Kier alpha value is -1.70. The number of hydrogen-bond acceptors (Lipinski definition) is 2. The molecule has 4 atom stereocenters. The maximum absolute atomic E-state index is 11.0. The first-order valence-corrected chi connectivity index (χ1v) is 20.7. The molecule has 0 aromatic heterocycles. The van der Waals surface area contributed by atoms with E-state index in [1.54, 1.807) is 33.4 Å². The van der Waals surface area contributed by atoms with E-state index >= 15 is 0 Å². The van der Waals surface area contributed by atoms with Gasteiger partial charge in [0.2, 0.25) is 0 Å². The van der Waals surface area contributed by atoms with Crippen molar-refractivity contribution in [2.75, 3.05) is 0 Å². The summed E-state index contributed by atoms with van der Waals surface area (Å²) in [5.41, 5.74) is 14.5. The molecular formula is C51H72Fe2O2. The molecule has 0 N–H and O–H groups in total. The summed E-state index contributed by atoms with van der Waals surface area (Å²) in [5, 5.41) is 0. The van der Waals surface area contributed by atoms with Crippen LogP contribution >= 0.6 is 0 Å². The summed E-state index contributed by atoms with van der Waals surface area (Å²) in [7, 11) is 0. The van der Waals surface area contributed by atoms with Crippen molar-refractivity contribution >= 4 is 22.7 Å². The van der Waals surface area contributed by atoms with Crippen molar-refractivity contribution in [1.29, 1.82) is 0 Å². The zero-order valence-electron chi connectivity index (χ0n) is 35.2. The van der Waals surface area contributed by atoms with Crippen molar-refractivity contribution in [3.05, 3.63) is 112 Å². The summed E-state index contributed by atoms with van der Waals surface area (Å²) < 4.78 is 0. The Balaban J connectivity index is 0.000000369. The third kappa shape index (κ3) is 9.45. The molecule has 8 aliphatic carbocycles. The molecule has 4 fully saturated rings. The molecule has 0 radical (unpaired) electrons. The van der Waals surface area contributed by atoms with E-state index in [4.69, 9.17) is 0 Å². The molecule has 0 bridgehead atoms. The molecule has 4 unspecified atom stereocenters. The van der Waals surface area contributed by atoms with Crippen LogP contribution in [0.3, 0.4) is 0 Å². The van der Waals surface area contributed by atoms with Crippen molar-refractivity contribution in [3.8, 4) is 0 Å². The van der Waals surface area contributed by atoms with Gasteiger partial charge in [-0.15, -0.1) is 0 Å². The van der Waals surface area contributed by atoms with Crippen molar-refractivity contribution in [2.45, 2.75) is 154 Å². The van der Waals surface area contributed by atoms with E-state index in [-0.39, 0.29) is 63.8 Å². The van der Waals surface area contributed by atoms with Gasteiger partial charge in [-0.1, -0.05) is 112 Å². The first-order valence-electron chi connectivity index (χ1n) is 20.7. The SMILES string of the molecule is CCC(=O)C1CCCC1.CCC(=O)C1CCCC1.[CH3-].[CH3-].[CH3-].[CH3-].[Fe+2].[Fe+2].c1ccc2c(c1)C1=C(CC3(C1)CC1=C(C3)C3CCCC3c3ccccc31)C1CCCC21. The smallest absolute Gasteiger partial charge is 0.358 e. The molecule has 0 amide bonds. The number of allylic oxidation sites excluding steroid dienone is 4. The quantitative estimate of drug-likeness (QED) is 0.227. The van der Waals surface area contributed by atoms with Gasteiger partial charge in [0, 0.05) is 24.7 Å². The van der Waals surface area contributed by atoms with E-state index in [9.17, 15) is 9.59 Å².